The molecule has 2 heterocycles. The molecule has 2 aromatic carbocycles. The second-order valence-corrected chi connectivity index (χ2v) is 8.27. The molecule has 1 N–H and O–H groups in total. The van der Waals surface area contributed by atoms with Crippen LogP contribution < -0.4 is 10.1 Å². The summed E-state index contributed by atoms with van der Waals surface area (Å²) in [4.78, 5) is 15.3. The first-order valence-electron chi connectivity index (χ1n) is 10.4. The summed E-state index contributed by atoms with van der Waals surface area (Å²) < 4.78 is 5.27. The normalized spacial score (nSPS) is 24.6. The van der Waals surface area contributed by atoms with Crippen LogP contribution in [0.4, 0.5) is 0 Å². The molecule has 0 radical (unpaired) electrons. The quantitative estimate of drug-likeness (QED) is 0.842. The van der Waals surface area contributed by atoms with Crippen LogP contribution in [0.15, 0.2) is 48.5 Å². The lowest BCUT2D eigenvalue weighted by molar-refractivity contribution is 0.0177. The van der Waals surface area contributed by atoms with Gasteiger partial charge in [-0.1, -0.05) is 36.2 Å². The Balaban J connectivity index is 1.40. The predicted molar refractivity (Wildman–Crippen MR) is 112 cm³/mol. The largest absolute Gasteiger partial charge is 0.497 e. The lowest BCUT2D eigenvalue weighted by Gasteiger charge is -2.49. The summed E-state index contributed by atoms with van der Waals surface area (Å²) in [5.41, 5.74) is 3.23. The number of benzene rings is 2. The van der Waals surface area contributed by atoms with Crippen molar-refractivity contribution in [1.82, 2.24) is 10.2 Å². The number of carbonyl (C=O) groups is 1. The first-order chi connectivity index (χ1) is 13.6. The maximum absolute atomic E-state index is 12.7. The minimum Gasteiger partial charge on any atom is -0.497 e. The highest BCUT2D eigenvalue weighted by Gasteiger charge is 2.38. The average molecular weight is 379 g/mol. The van der Waals surface area contributed by atoms with Gasteiger partial charge in [0.05, 0.1) is 7.11 Å². The van der Waals surface area contributed by atoms with Crippen molar-refractivity contribution in [3.63, 3.8) is 0 Å². The summed E-state index contributed by atoms with van der Waals surface area (Å²) >= 11 is 0. The fraction of sp³-hybridized carbons (Fsp3) is 0.458. The van der Waals surface area contributed by atoms with E-state index in [4.69, 9.17) is 4.74 Å². The summed E-state index contributed by atoms with van der Waals surface area (Å²) in [7, 11) is 1.70. The van der Waals surface area contributed by atoms with Crippen molar-refractivity contribution in [1.29, 1.82) is 0 Å². The van der Waals surface area contributed by atoms with Crippen molar-refractivity contribution < 1.29 is 9.53 Å². The van der Waals surface area contributed by atoms with Crippen LogP contribution in [0.3, 0.4) is 0 Å². The van der Waals surface area contributed by atoms with Gasteiger partial charge in [-0.3, -0.25) is 9.69 Å². The maximum atomic E-state index is 12.7. The lowest BCUT2D eigenvalue weighted by atomic mass is 9.81. The summed E-state index contributed by atoms with van der Waals surface area (Å²) in [6, 6.07) is 17.7. The van der Waals surface area contributed by atoms with E-state index in [1.165, 1.54) is 24.8 Å². The Labute approximate surface area is 167 Å². The van der Waals surface area contributed by atoms with Crippen molar-refractivity contribution in [3.05, 3.63) is 65.2 Å². The molecule has 4 rings (SSSR count). The number of amides is 1. The lowest BCUT2D eigenvalue weighted by Crippen LogP contribution is -2.56. The second kappa shape index (κ2) is 8.36. The molecule has 4 nitrogen and oxygen atoms in total. The van der Waals surface area contributed by atoms with Gasteiger partial charge in [-0.05, 0) is 62.4 Å². The van der Waals surface area contributed by atoms with E-state index < -0.39 is 0 Å². The molecule has 2 aromatic rings. The van der Waals surface area contributed by atoms with E-state index in [0.29, 0.717) is 12.1 Å². The number of nitrogens with zero attached hydrogens (tertiary/aromatic N) is 1. The third-order valence-electron chi connectivity index (χ3n) is 6.27. The van der Waals surface area contributed by atoms with Gasteiger partial charge in [0.1, 0.15) is 5.75 Å². The molecule has 2 aliphatic heterocycles. The van der Waals surface area contributed by atoms with E-state index >= 15 is 0 Å². The van der Waals surface area contributed by atoms with Crippen LogP contribution in [0.2, 0.25) is 0 Å². The van der Waals surface area contributed by atoms with E-state index in [2.05, 4.69) is 22.3 Å². The molecule has 0 saturated carbocycles. The van der Waals surface area contributed by atoms with Crippen molar-refractivity contribution in [2.45, 2.75) is 63.7 Å². The molecule has 0 spiro atoms. The topological polar surface area (TPSA) is 41.6 Å². The molecule has 2 bridgehead atoms. The average Bonchev–Trinajstić information content (AvgIpc) is 2.69. The number of rotatable bonds is 5. The Bertz CT molecular complexity index is 804. The Hall–Kier alpha value is -2.33. The smallest absolute Gasteiger partial charge is 0.251 e. The van der Waals surface area contributed by atoms with Gasteiger partial charge in [0.2, 0.25) is 0 Å². The summed E-state index contributed by atoms with van der Waals surface area (Å²) in [6.45, 7) is 3.01. The first-order valence-corrected chi connectivity index (χ1v) is 10.4. The fourth-order valence-corrected chi connectivity index (χ4v) is 4.85. The second-order valence-electron chi connectivity index (χ2n) is 8.27. The molecular formula is C24H30N2O2. The molecule has 0 aromatic heterocycles. The number of fused-ring (bicyclic) bond motifs is 2. The molecule has 1 amide bonds. The maximum Gasteiger partial charge on any atom is 0.251 e. The zero-order valence-corrected chi connectivity index (χ0v) is 16.9. The molecule has 2 unspecified atom stereocenters. The van der Waals surface area contributed by atoms with Gasteiger partial charge in [-0.25, -0.2) is 0 Å². The summed E-state index contributed by atoms with van der Waals surface area (Å²) in [5.74, 6) is 0.969. The predicted octanol–water partition coefficient (Wildman–Crippen LogP) is 4.32. The number of carbonyl (C=O) groups excluding carboxylic acids is 1. The molecule has 2 fully saturated rings. The van der Waals surface area contributed by atoms with Crippen LogP contribution in [0.5, 0.6) is 5.75 Å². The standard InChI is InChI=1S/C24H30N2O2/c1-17-5-3-6-19(13-17)24(27)25-20-14-21-7-4-8-22(15-20)26(21)16-18-9-11-23(28-2)12-10-18/h3,5-6,9-13,20-22H,4,7-8,14-16H2,1-2H3,(H,25,27). The van der Waals surface area contributed by atoms with Crippen molar-refractivity contribution in [3.8, 4) is 5.75 Å². The van der Waals surface area contributed by atoms with E-state index in [-0.39, 0.29) is 11.9 Å². The third-order valence-corrected chi connectivity index (χ3v) is 6.27. The first kappa shape index (κ1) is 19.0. The molecule has 4 heteroatoms. The monoisotopic (exact) mass is 378 g/mol. The Morgan fingerprint density at radius 1 is 1.11 bits per heavy atom. The van der Waals surface area contributed by atoms with E-state index in [1.807, 2.05) is 43.3 Å². The van der Waals surface area contributed by atoms with E-state index in [1.54, 1.807) is 7.11 Å². The van der Waals surface area contributed by atoms with Crippen LogP contribution in [-0.4, -0.2) is 36.0 Å². The zero-order valence-electron chi connectivity index (χ0n) is 16.9. The van der Waals surface area contributed by atoms with Crippen molar-refractivity contribution in [2.75, 3.05) is 7.11 Å². The number of methoxy groups -OCH3 is 1. The van der Waals surface area contributed by atoms with Gasteiger partial charge in [-0.2, -0.15) is 0 Å². The minimum absolute atomic E-state index is 0.0652. The van der Waals surface area contributed by atoms with Gasteiger partial charge < -0.3 is 10.1 Å². The Kier molecular flexibility index (Phi) is 5.67. The minimum atomic E-state index is 0.0652. The Morgan fingerprint density at radius 3 is 2.46 bits per heavy atom. The van der Waals surface area contributed by atoms with E-state index in [9.17, 15) is 4.79 Å². The van der Waals surface area contributed by atoms with Crippen LogP contribution in [-0.2, 0) is 6.54 Å². The van der Waals surface area contributed by atoms with Gasteiger partial charge in [-0.15, -0.1) is 0 Å². The molecule has 2 aliphatic rings. The Morgan fingerprint density at radius 2 is 1.82 bits per heavy atom. The molecule has 28 heavy (non-hydrogen) atoms. The van der Waals surface area contributed by atoms with E-state index in [0.717, 1.165) is 36.3 Å². The number of ether oxygens (including phenoxy) is 1. The highest BCUT2D eigenvalue weighted by atomic mass is 16.5. The van der Waals surface area contributed by atoms with Crippen molar-refractivity contribution in [2.24, 2.45) is 0 Å². The fourth-order valence-electron chi connectivity index (χ4n) is 4.85. The number of piperidine rings is 2. The summed E-state index contributed by atoms with van der Waals surface area (Å²) in [5, 5.41) is 3.31. The molecule has 2 atom stereocenters. The van der Waals surface area contributed by atoms with Crippen LogP contribution in [0.25, 0.3) is 0 Å². The van der Waals surface area contributed by atoms with Gasteiger partial charge in [0.25, 0.3) is 5.91 Å². The zero-order chi connectivity index (χ0) is 19.5. The van der Waals surface area contributed by atoms with Crippen LogP contribution in [0, 0.1) is 6.92 Å². The van der Waals surface area contributed by atoms with Gasteiger partial charge in [0.15, 0.2) is 0 Å². The molecule has 148 valence electrons. The molecule has 2 saturated heterocycles. The SMILES string of the molecule is COc1ccc(CN2C3CCCC2CC(NC(=O)c2cccc(C)c2)C3)cc1. The van der Waals surface area contributed by atoms with Gasteiger partial charge >= 0.3 is 0 Å². The molecule has 0 aliphatic carbocycles. The number of nitrogens with one attached hydrogen (secondary N) is 1. The highest BCUT2D eigenvalue weighted by Crippen LogP contribution is 2.35. The highest BCUT2D eigenvalue weighted by molar-refractivity contribution is 5.94. The third kappa shape index (κ3) is 4.22. The van der Waals surface area contributed by atoms with Gasteiger partial charge in [0, 0.05) is 30.2 Å². The molecular weight excluding hydrogens is 348 g/mol. The van der Waals surface area contributed by atoms with Crippen molar-refractivity contribution >= 4 is 5.91 Å². The van der Waals surface area contributed by atoms with Crippen LogP contribution in [0.1, 0.15) is 53.6 Å². The number of hydrogen-bond donors (Lipinski definition) is 1. The van der Waals surface area contributed by atoms with Crippen LogP contribution >= 0.6 is 0 Å². The number of hydrogen-bond acceptors (Lipinski definition) is 3. The number of aryl methyl sites for hydroxylation is 1. The summed E-state index contributed by atoms with van der Waals surface area (Å²) in [6.07, 6.45) is 5.84.